The topological polar surface area (TPSA) is 9.23 Å². The van der Waals surface area contributed by atoms with E-state index in [1.807, 2.05) is 12.1 Å². The fourth-order valence-electron chi connectivity index (χ4n) is 5.29. The second kappa shape index (κ2) is 11.8. The lowest BCUT2D eigenvalue weighted by Crippen LogP contribution is -2.23. The van der Waals surface area contributed by atoms with Gasteiger partial charge in [-0.2, -0.15) is 0 Å². The molecule has 3 rings (SSSR count). The highest BCUT2D eigenvalue weighted by atomic mass is 19.1. The number of halogens is 1. The number of hydrogen-bond acceptors (Lipinski definition) is 1. The zero-order chi connectivity index (χ0) is 20.5. The van der Waals surface area contributed by atoms with Crippen molar-refractivity contribution in [2.75, 3.05) is 6.61 Å². The van der Waals surface area contributed by atoms with Crippen LogP contribution in [0.5, 0.6) is 5.75 Å². The molecule has 0 bridgehead atoms. The molecule has 0 aromatic heterocycles. The van der Waals surface area contributed by atoms with Crippen LogP contribution in [0.4, 0.5) is 4.39 Å². The van der Waals surface area contributed by atoms with Crippen LogP contribution < -0.4 is 4.74 Å². The molecule has 0 spiro atoms. The fourth-order valence-corrected chi connectivity index (χ4v) is 5.29. The lowest BCUT2D eigenvalue weighted by atomic mass is 9.71. The van der Waals surface area contributed by atoms with Gasteiger partial charge in [0, 0.05) is 0 Å². The van der Waals surface area contributed by atoms with Gasteiger partial charge in [0.25, 0.3) is 0 Å². The molecule has 162 valence electrons. The van der Waals surface area contributed by atoms with Gasteiger partial charge in [0.1, 0.15) is 0 Å². The zero-order valence-electron chi connectivity index (χ0n) is 18.7. The average molecular weight is 401 g/mol. The maximum absolute atomic E-state index is 14.3. The summed E-state index contributed by atoms with van der Waals surface area (Å²) in [7, 11) is 0. The Morgan fingerprint density at radius 1 is 0.966 bits per heavy atom. The Balaban J connectivity index is 1.41. The zero-order valence-corrected chi connectivity index (χ0v) is 18.7. The summed E-state index contributed by atoms with van der Waals surface area (Å²) in [6, 6.07) is 5.53. The molecule has 2 heteroatoms. The number of rotatable bonds is 10. The second-order valence-corrected chi connectivity index (χ2v) is 9.41. The van der Waals surface area contributed by atoms with Crippen molar-refractivity contribution in [1.29, 1.82) is 0 Å². The molecular weight excluding hydrogens is 359 g/mol. The van der Waals surface area contributed by atoms with Crippen LogP contribution >= 0.6 is 0 Å². The van der Waals surface area contributed by atoms with E-state index in [4.69, 9.17) is 4.74 Å². The standard InChI is InChI=1S/C27H41FO/c1-3-5-6-19-29-27-18-13-23(20-26(27)28)8-7-22-11-16-25(17-12-22)24-14-9-21(4-2)10-15-24/h11,13,18,20-21,24-25H,3-10,12,14-17,19H2,1-2H3/t21-,24-,25?. The van der Waals surface area contributed by atoms with E-state index in [-0.39, 0.29) is 5.82 Å². The van der Waals surface area contributed by atoms with Gasteiger partial charge < -0.3 is 4.74 Å². The van der Waals surface area contributed by atoms with Crippen molar-refractivity contribution in [3.8, 4) is 5.75 Å². The Morgan fingerprint density at radius 3 is 2.45 bits per heavy atom. The van der Waals surface area contributed by atoms with Gasteiger partial charge in [-0.25, -0.2) is 4.39 Å². The minimum atomic E-state index is -0.209. The van der Waals surface area contributed by atoms with Crippen molar-refractivity contribution in [3.63, 3.8) is 0 Å². The Kier molecular flexibility index (Phi) is 9.08. The summed E-state index contributed by atoms with van der Waals surface area (Å²) in [5.41, 5.74) is 2.67. The number of hydrogen-bond donors (Lipinski definition) is 0. The van der Waals surface area contributed by atoms with Crippen LogP contribution in [0, 0.1) is 23.6 Å². The molecule has 1 saturated carbocycles. The van der Waals surface area contributed by atoms with Gasteiger partial charge in [-0.3, -0.25) is 0 Å². The minimum absolute atomic E-state index is 0.209. The third kappa shape index (κ3) is 6.86. The fraction of sp³-hybridized carbons (Fsp3) is 0.704. The normalized spacial score (nSPS) is 24.9. The molecule has 1 unspecified atom stereocenters. The largest absolute Gasteiger partial charge is 0.491 e. The quantitative estimate of drug-likeness (QED) is 0.284. The van der Waals surface area contributed by atoms with Crippen LogP contribution in [0.25, 0.3) is 0 Å². The first-order chi connectivity index (χ1) is 14.2. The van der Waals surface area contributed by atoms with Gasteiger partial charge in [0.05, 0.1) is 6.61 Å². The molecule has 1 atom stereocenters. The molecule has 0 heterocycles. The predicted octanol–water partition coefficient (Wildman–Crippen LogP) is 8.27. The minimum Gasteiger partial charge on any atom is -0.491 e. The van der Waals surface area contributed by atoms with E-state index in [0.29, 0.717) is 12.4 Å². The van der Waals surface area contributed by atoms with E-state index in [1.54, 1.807) is 11.6 Å². The lowest BCUT2D eigenvalue weighted by Gasteiger charge is -2.35. The summed E-state index contributed by atoms with van der Waals surface area (Å²) in [5, 5.41) is 0. The third-order valence-corrected chi connectivity index (χ3v) is 7.42. The molecule has 1 aromatic rings. The monoisotopic (exact) mass is 400 g/mol. The van der Waals surface area contributed by atoms with Crippen LogP contribution in [0.1, 0.15) is 96.5 Å². The number of allylic oxidation sites excluding steroid dienone is 2. The molecule has 1 aromatic carbocycles. The van der Waals surface area contributed by atoms with E-state index in [2.05, 4.69) is 19.9 Å². The van der Waals surface area contributed by atoms with Crippen LogP contribution in [-0.4, -0.2) is 6.61 Å². The van der Waals surface area contributed by atoms with E-state index >= 15 is 0 Å². The molecule has 0 aliphatic heterocycles. The molecule has 1 nitrogen and oxygen atoms in total. The molecular formula is C27H41FO. The van der Waals surface area contributed by atoms with Gasteiger partial charge in [-0.05, 0) is 86.8 Å². The predicted molar refractivity (Wildman–Crippen MR) is 121 cm³/mol. The molecule has 2 aliphatic rings. The van der Waals surface area contributed by atoms with Gasteiger partial charge in [0.15, 0.2) is 11.6 Å². The lowest BCUT2D eigenvalue weighted by molar-refractivity contribution is 0.189. The smallest absolute Gasteiger partial charge is 0.165 e. The first-order valence-corrected chi connectivity index (χ1v) is 12.3. The van der Waals surface area contributed by atoms with Gasteiger partial charge in [-0.1, -0.05) is 63.7 Å². The Morgan fingerprint density at radius 2 is 1.79 bits per heavy atom. The maximum Gasteiger partial charge on any atom is 0.165 e. The van der Waals surface area contributed by atoms with Crippen molar-refractivity contribution in [3.05, 3.63) is 41.2 Å². The summed E-state index contributed by atoms with van der Waals surface area (Å²) in [6.45, 7) is 5.12. The molecule has 0 saturated heterocycles. The van der Waals surface area contributed by atoms with Crippen molar-refractivity contribution < 1.29 is 9.13 Å². The Bertz CT molecular complexity index is 642. The van der Waals surface area contributed by atoms with Crippen LogP contribution in [0.3, 0.4) is 0 Å². The van der Waals surface area contributed by atoms with Crippen LogP contribution in [-0.2, 0) is 6.42 Å². The second-order valence-electron chi connectivity index (χ2n) is 9.41. The third-order valence-electron chi connectivity index (χ3n) is 7.42. The summed E-state index contributed by atoms with van der Waals surface area (Å²) in [6.07, 6.45) is 18.9. The Hall–Kier alpha value is -1.31. The van der Waals surface area contributed by atoms with E-state index < -0.39 is 0 Å². The molecule has 0 amide bonds. The summed E-state index contributed by atoms with van der Waals surface area (Å²) >= 11 is 0. The van der Waals surface area contributed by atoms with E-state index in [0.717, 1.165) is 55.4 Å². The summed E-state index contributed by atoms with van der Waals surface area (Å²) in [5.74, 6) is 3.07. The van der Waals surface area contributed by atoms with Crippen LogP contribution in [0.2, 0.25) is 0 Å². The highest BCUT2D eigenvalue weighted by Gasteiger charge is 2.27. The first-order valence-electron chi connectivity index (χ1n) is 12.3. The van der Waals surface area contributed by atoms with Crippen LogP contribution in [0.15, 0.2) is 29.8 Å². The highest BCUT2D eigenvalue weighted by molar-refractivity contribution is 5.30. The van der Waals surface area contributed by atoms with Gasteiger partial charge in [-0.15, -0.1) is 0 Å². The van der Waals surface area contributed by atoms with Gasteiger partial charge >= 0.3 is 0 Å². The van der Waals surface area contributed by atoms with Crippen molar-refractivity contribution in [2.45, 2.75) is 97.3 Å². The number of benzene rings is 1. The van der Waals surface area contributed by atoms with E-state index in [9.17, 15) is 4.39 Å². The molecule has 0 N–H and O–H groups in total. The summed E-state index contributed by atoms with van der Waals surface area (Å²) in [4.78, 5) is 0. The first kappa shape index (κ1) is 22.4. The number of ether oxygens (including phenoxy) is 1. The Labute approximate surface area is 178 Å². The number of unbranched alkanes of at least 4 members (excludes halogenated alkanes) is 2. The maximum atomic E-state index is 14.3. The van der Waals surface area contributed by atoms with E-state index in [1.165, 1.54) is 51.4 Å². The van der Waals surface area contributed by atoms with Crippen molar-refractivity contribution in [2.24, 2.45) is 17.8 Å². The number of aryl methyl sites for hydroxylation is 1. The SMILES string of the molecule is CCCCCOc1ccc(CCC2=CCC([C@H]3CC[C@H](CC)CC3)CC2)cc1F. The molecule has 29 heavy (non-hydrogen) atoms. The van der Waals surface area contributed by atoms with Crippen molar-refractivity contribution >= 4 is 0 Å². The molecule has 2 aliphatic carbocycles. The molecule has 0 radical (unpaired) electrons. The highest BCUT2D eigenvalue weighted by Crippen LogP contribution is 2.40. The summed E-state index contributed by atoms with van der Waals surface area (Å²) < 4.78 is 19.9. The molecule has 1 fully saturated rings. The van der Waals surface area contributed by atoms with Crippen molar-refractivity contribution in [1.82, 2.24) is 0 Å². The average Bonchev–Trinajstić information content (AvgIpc) is 2.77. The van der Waals surface area contributed by atoms with Gasteiger partial charge in [0.2, 0.25) is 0 Å².